The van der Waals surface area contributed by atoms with Gasteiger partial charge in [0, 0.05) is 82.4 Å². The van der Waals surface area contributed by atoms with Crippen LogP contribution in [0, 0.1) is 6.92 Å². The largest absolute Gasteiger partial charge is 0.381 e. The van der Waals surface area contributed by atoms with Crippen LogP contribution in [0.5, 0.6) is 0 Å². The second-order valence-electron chi connectivity index (χ2n) is 13.7. The Kier molecular flexibility index (Phi) is 11.8. The molecular formula is C39H52N8O3. The second kappa shape index (κ2) is 16.6. The molecule has 2 aromatic carbocycles. The lowest BCUT2D eigenvalue weighted by molar-refractivity contribution is -0.129. The molecule has 266 valence electrons. The zero-order valence-electron chi connectivity index (χ0n) is 30.0. The molecule has 11 nitrogen and oxygen atoms in total. The number of piperazine rings is 1. The number of nitrogens with zero attached hydrogens (tertiary/aromatic N) is 4. The van der Waals surface area contributed by atoms with Gasteiger partial charge in [0.15, 0.2) is 5.65 Å². The predicted molar refractivity (Wildman–Crippen MR) is 198 cm³/mol. The van der Waals surface area contributed by atoms with Crippen molar-refractivity contribution in [3.63, 3.8) is 0 Å². The summed E-state index contributed by atoms with van der Waals surface area (Å²) < 4.78 is 7.48. The Balaban J connectivity index is 1.07. The molecule has 11 heteroatoms. The number of anilines is 1. The van der Waals surface area contributed by atoms with Crippen molar-refractivity contribution in [2.45, 2.75) is 91.6 Å². The topological polar surface area (TPSA) is 125 Å². The molecule has 4 aromatic rings. The number of carbonyl (C=O) groups excluding carboxylic acids is 2. The smallest absolute Gasteiger partial charge is 0.229 e. The monoisotopic (exact) mass is 680 g/mol. The minimum atomic E-state index is -0.328. The molecular weight excluding hydrogens is 628 g/mol. The lowest BCUT2D eigenvalue weighted by atomic mass is 9.96. The summed E-state index contributed by atoms with van der Waals surface area (Å²) >= 11 is 0. The second-order valence-corrected chi connectivity index (χ2v) is 13.7. The zero-order chi connectivity index (χ0) is 35.0. The molecule has 2 saturated heterocycles. The Morgan fingerprint density at radius 3 is 2.58 bits per heavy atom. The van der Waals surface area contributed by atoms with Gasteiger partial charge in [-0.3, -0.25) is 14.5 Å². The van der Waals surface area contributed by atoms with E-state index < -0.39 is 0 Å². The Hall–Kier alpha value is -4.32. The number of rotatable bonds is 13. The van der Waals surface area contributed by atoms with Crippen molar-refractivity contribution in [2.75, 3.05) is 38.2 Å². The summed E-state index contributed by atoms with van der Waals surface area (Å²) in [6.45, 7) is 15.3. The van der Waals surface area contributed by atoms with Crippen LogP contribution in [-0.2, 0) is 46.9 Å². The molecule has 2 aliphatic rings. The molecule has 1 atom stereocenters. The van der Waals surface area contributed by atoms with Gasteiger partial charge in [0.25, 0.3) is 0 Å². The number of pyridine rings is 1. The highest BCUT2D eigenvalue weighted by atomic mass is 16.5. The Bertz CT molecular complexity index is 1800. The van der Waals surface area contributed by atoms with Gasteiger partial charge in [0.05, 0.1) is 17.3 Å². The minimum absolute atomic E-state index is 0.251. The molecule has 0 saturated carbocycles. The molecule has 2 fully saturated rings. The van der Waals surface area contributed by atoms with Crippen LogP contribution >= 0.6 is 0 Å². The first-order chi connectivity index (χ1) is 24.3. The molecule has 50 heavy (non-hydrogen) atoms. The molecule has 0 radical (unpaired) electrons. The molecule has 2 aliphatic heterocycles. The number of fused-ring (bicyclic) bond motifs is 1. The van der Waals surface area contributed by atoms with E-state index in [1.165, 1.54) is 16.7 Å². The molecule has 2 amide bonds. The lowest BCUT2D eigenvalue weighted by Crippen LogP contribution is -2.48. The van der Waals surface area contributed by atoms with E-state index in [2.05, 4.69) is 95.4 Å². The van der Waals surface area contributed by atoms with E-state index in [0.717, 1.165) is 97.9 Å². The minimum Gasteiger partial charge on any atom is -0.381 e. The third kappa shape index (κ3) is 8.69. The summed E-state index contributed by atoms with van der Waals surface area (Å²) in [6.07, 6.45) is 4.12. The maximum atomic E-state index is 13.1. The maximum Gasteiger partial charge on any atom is 0.229 e. The van der Waals surface area contributed by atoms with Crippen LogP contribution in [0.4, 0.5) is 5.69 Å². The van der Waals surface area contributed by atoms with Crippen molar-refractivity contribution in [2.24, 2.45) is 0 Å². The highest BCUT2D eigenvalue weighted by Crippen LogP contribution is 2.31. The fraction of sp³-hybridized carbons (Fsp3) is 0.487. The average molecular weight is 681 g/mol. The number of aromatic nitrogens is 3. The van der Waals surface area contributed by atoms with Gasteiger partial charge in [-0.2, -0.15) is 5.10 Å². The standard InChI is InChI=1S/C39H52N8O3/c1-5-35-33(38(44-31-12-16-50-17-13-31)34-23-43-47(6-2)39(34)45-35)22-42-37(49)20-36(48)41-21-28-11-10-26(3)32(19-28)30-9-7-8-29(18-30)25-46-15-14-40-27(4)24-46/h7-11,18-19,23,27,31,40H,5-6,12-17,20-22,24-25H2,1-4H3,(H,41,48)(H,42,49)(H,44,45)/t27-/m1/s1. The SMILES string of the molecule is CCc1nc2c(cnn2CC)c(NC2CCOCC2)c1CNC(=O)CC(=O)NCc1ccc(C)c(-c2cccc(CN3CCN[C@H](C)C3)c2)c1. The number of hydrogen-bond donors (Lipinski definition) is 4. The third-order valence-corrected chi connectivity index (χ3v) is 9.85. The molecule has 0 unspecified atom stereocenters. The molecule has 4 heterocycles. The van der Waals surface area contributed by atoms with E-state index in [1.807, 2.05) is 16.9 Å². The molecule has 2 aromatic heterocycles. The number of nitrogens with one attached hydrogen (secondary N) is 4. The average Bonchev–Trinajstić information content (AvgIpc) is 3.54. The lowest BCUT2D eigenvalue weighted by Gasteiger charge is -2.31. The van der Waals surface area contributed by atoms with Gasteiger partial charge in [0.1, 0.15) is 6.42 Å². The van der Waals surface area contributed by atoms with Gasteiger partial charge in [0.2, 0.25) is 11.8 Å². The van der Waals surface area contributed by atoms with E-state index in [9.17, 15) is 9.59 Å². The third-order valence-electron chi connectivity index (χ3n) is 9.85. The van der Waals surface area contributed by atoms with Crippen LogP contribution in [0.15, 0.2) is 48.7 Å². The van der Waals surface area contributed by atoms with Crippen LogP contribution in [0.25, 0.3) is 22.2 Å². The molecule has 4 N–H and O–H groups in total. The summed E-state index contributed by atoms with van der Waals surface area (Å²) in [5, 5.41) is 18.7. The van der Waals surface area contributed by atoms with Gasteiger partial charge in [-0.25, -0.2) is 9.67 Å². The van der Waals surface area contributed by atoms with Crippen LogP contribution in [-0.4, -0.2) is 76.4 Å². The van der Waals surface area contributed by atoms with Gasteiger partial charge in [-0.15, -0.1) is 0 Å². The van der Waals surface area contributed by atoms with E-state index in [-0.39, 0.29) is 30.8 Å². The van der Waals surface area contributed by atoms with E-state index in [4.69, 9.17) is 9.72 Å². The fourth-order valence-corrected chi connectivity index (χ4v) is 7.10. The highest BCUT2D eigenvalue weighted by molar-refractivity contribution is 5.97. The van der Waals surface area contributed by atoms with Crippen LogP contribution in [0.3, 0.4) is 0 Å². The summed E-state index contributed by atoms with van der Waals surface area (Å²) in [6, 6.07) is 15.8. The normalized spacial score (nSPS) is 17.2. The first-order valence-corrected chi connectivity index (χ1v) is 18.2. The summed E-state index contributed by atoms with van der Waals surface area (Å²) in [7, 11) is 0. The number of ether oxygens (including phenoxy) is 1. The summed E-state index contributed by atoms with van der Waals surface area (Å²) in [4.78, 5) is 33.5. The van der Waals surface area contributed by atoms with Crippen molar-refractivity contribution in [1.82, 2.24) is 35.6 Å². The van der Waals surface area contributed by atoms with Gasteiger partial charge >= 0.3 is 0 Å². The van der Waals surface area contributed by atoms with Gasteiger partial charge < -0.3 is 26.0 Å². The van der Waals surface area contributed by atoms with Crippen molar-refractivity contribution in [3.8, 4) is 11.1 Å². The Morgan fingerprint density at radius 2 is 1.82 bits per heavy atom. The predicted octanol–water partition coefficient (Wildman–Crippen LogP) is 4.70. The zero-order valence-corrected chi connectivity index (χ0v) is 30.0. The molecule has 0 spiro atoms. The maximum absolute atomic E-state index is 13.1. The Labute approximate surface area is 295 Å². The van der Waals surface area contributed by atoms with E-state index in [0.29, 0.717) is 19.0 Å². The number of hydrogen-bond acceptors (Lipinski definition) is 8. The number of carbonyl (C=O) groups is 2. The first kappa shape index (κ1) is 35.5. The summed E-state index contributed by atoms with van der Waals surface area (Å²) in [5.74, 6) is -0.642. The van der Waals surface area contributed by atoms with Gasteiger partial charge in [-0.05, 0) is 80.0 Å². The van der Waals surface area contributed by atoms with Crippen molar-refractivity contribution in [1.29, 1.82) is 0 Å². The van der Waals surface area contributed by atoms with Gasteiger partial charge in [-0.1, -0.05) is 37.3 Å². The quantitative estimate of drug-likeness (QED) is 0.150. The molecule has 0 aliphatic carbocycles. The van der Waals surface area contributed by atoms with Crippen LogP contribution in [0.1, 0.15) is 68.0 Å². The van der Waals surface area contributed by atoms with Crippen molar-refractivity contribution in [3.05, 3.63) is 76.6 Å². The van der Waals surface area contributed by atoms with Crippen molar-refractivity contribution < 1.29 is 14.3 Å². The Morgan fingerprint density at radius 1 is 1.02 bits per heavy atom. The van der Waals surface area contributed by atoms with E-state index >= 15 is 0 Å². The van der Waals surface area contributed by atoms with Crippen LogP contribution < -0.4 is 21.3 Å². The summed E-state index contributed by atoms with van der Waals surface area (Å²) in [5.41, 5.74) is 9.43. The highest BCUT2D eigenvalue weighted by Gasteiger charge is 2.22. The number of benzene rings is 2. The van der Waals surface area contributed by atoms with E-state index in [1.54, 1.807) is 0 Å². The molecule has 0 bridgehead atoms. The van der Waals surface area contributed by atoms with Crippen molar-refractivity contribution >= 4 is 28.5 Å². The fourth-order valence-electron chi connectivity index (χ4n) is 7.10. The molecule has 6 rings (SSSR count). The first-order valence-electron chi connectivity index (χ1n) is 18.2. The van der Waals surface area contributed by atoms with Crippen LogP contribution in [0.2, 0.25) is 0 Å². The number of amides is 2. The number of aryl methyl sites for hydroxylation is 3.